The van der Waals surface area contributed by atoms with Gasteiger partial charge in [-0.25, -0.2) is 0 Å². The van der Waals surface area contributed by atoms with Crippen LogP contribution in [0.5, 0.6) is 5.75 Å². The van der Waals surface area contributed by atoms with E-state index < -0.39 is 0 Å². The van der Waals surface area contributed by atoms with Gasteiger partial charge in [-0.3, -0.25) is 0 Å². The van der Waals surface area contributed by atoms with Gasteiger partial charge in [0.15, 0.2) is 0 Å². The van der Waals surface area contributed by atoms with Crippen LogP contribution in [0.15, 0.2) is 29.0 Å². The van der Waals surface area contributed by atoms with Gasteiger partial charge in [0.1, 0.15) is 11.9 Å². The van der Waals surface area contributed by atoms with E-state index in [1.54, 1.807) is 0 Å². The topological polar surface area (TPSA) is 60.2 Å². The molecule has 1 fully saturated rings. The van der Waals surface area contributed by atoms with Crippen molar-refractivity contribution in [2.24, 2.45) is 0 Å². The zero-order valence-corrected chi connectivity index (χ0v) is 10.9. The van der Waals surface area contributed by atoms with Gasteiger partial charge in [0.25, 0.3) is 0 Å². The van der Waals surface area contributed by atoms with Gasteiger partial charge in [-0.1, -0.05) is 6.07 Å². The molecule has 1 aliphatic heterocycles. The lowest BCUT2D eigenvalue weighted by molar-refractivity contribution is 0.162. The predicted molar refractivity (Wildman–Crippen MR) is 71.0 cm³/mol. The number of hydrogen-bond acceptors (Lipinski definition) is 5. The fourth-order valence-electron chi connectivity index (χ4n) is 2.30. The first kappa shape index (κ1) is 12.2. The zero-order valence-electron chi connectivity index (χ0n) is 10.9. The van der Waals surface area contributed by atoms with E-state index in [-0.39, 0.29) is 0 Å². The van der Waals surface area contributed by atoms with Crippen molar-refractivity contribution in [3.63, 3.8) is 0 Å². The van der Waals surface area contributed by atoms with Gasteiger partial charge in [0.05, 0.1) is 0 Å². The number of nitrogens with zero attached hydrogens (tertiary/aromatic N) is 2. The molecule has 0 aliphatic carbocycles. The number of benzene rings is 1. The number of piperidine rings is 1. The van der Waals surface area contributed by atoms with Gasteiger partial charge in [-0.15, -0.1) is 10.2 Å². The summed E-state index contributed by atoms with van der Waals surface area (Å²) in [5.74, 6) is 1.40. The highest BCUT2D eigenvalue weighted by molar-refractivity contribution is 5.60. The fourth-order valence-corrected chi connectivity index (χ4v) is 2.30. The monoisotopic (exact) mass is 259 g/mol. The average molecular weight is 259 g/mol. The molecule has 2 aromatic rings. The zero-order chi connectivity index (χ0) is 13.1. The van der Waals surface area contributed by atoms with Crippen LogP contribution < -0.4 is 10.1 Å². The van der Waals surface area contributed by atoms with Crippen LogP contribution in [0.1, 0.15) is 18.4 Å². The van der Waals surface area contributed by atoms with Gasteiger partial charge >= 0.3 is 0 Å². The third-order valence-corrected chi connectivity index (χ3v) is 3.39. The van der Waals surface area contributed by atoms with Crippen LogP contribution >= 0.6 is 0 Å². The molecule has 0 atom stereocenters. The van der Waals surface area contributed by atoms with Gasteiger partial charge in [-0.2, -0.15) is 0 Å². The van der Waals surface area contributed by atoms with Crippen LogP contribution in [-0.2, 0) is 0 Å². The average Bonchev–Trinajstić information content (AvgIpc) is 2.96. The molecule has 0 amide bonds. The first-order valence-electron chi connectivity index (χ1n) is 6.57. The molecule has 1 N–H and O–H groups in total. The highest BCUT2D eigenvalue weighted by Gasteiger charge is 2.15. The second kappa shape index (κ2) is 5.40. The SMILES string of the molecule is Cc1ccc(OC2CCNCC2)cc1-c1nnco1. The molecule has 2 heterocycles. The van der Waals surface area contributed by atoms with E-state index in [2.05, 4.69) is 15.5 Å². The van der Waals surface area contributed by atoms with Crippen LogP contribution in [0, 0.1) is 6.92 Å². The van der Waals surface area contributed by atoms with Crippen molar-refractivity contribution < 1.29 is 9.15 Å². The van der Waals surface area contributed by atoms with Crippen molar-refractivity contribution in [1.29, 1.82) is 0 Å². The van der Waals surface area contributed by atoms with E-state index in [0.717, 1.165) is 42.8 Å². The minimum atomic E-state index is 0.291. The first-order valence-corrected chi connectivity index (χ1v) is 6.57. The molecular weight excluding hydrogens is 242 g/mol. The second-order valence-corrected chi connectivity index (χ2v) is 4.79. The van der Waals surface area contributed by atoms with E-state index in [1.165, 1.54) is 6.39 Å². The van der Waals surface area contributed by atoms with Crippen LogP contribution in [-0.4, -0.2) is 29.4 Å². The first-order chi connectivity index (χ1) is 9.33. The quantitative estimate of drug-likeness (QED) is 0.915. The molecule has 5 heteroatoms. The van der Waals surface area contributed by atoms with E-state index in [0.29, 0.717) is 12.0 Å². The van der Waals surface area contributed by atoms with Crippen molar-refractivity contribution in [1.82, 2.24) is 15.5 Å². The van der Waals surface area contributed by atoms with Gasteiger partial charge in [0, 0.05) is 5.56 Å². The van der Waals surface area contributed by atoms with Gasteiger partial charge < -0.3 is 14.5 Å². The Kier molecular flexibility index (Phi) is 3.46. The molecular formula is C14H17N3O2. The summed E-state index contributed by atoms with van der Waals surface area (Å²) in [5, 5.41) is 11.0. The summed E-state index contributed by atoms with van der Waals surface area (Å²) in [5.41, 5.74) is 2.03. The minimum Gasteiger partial charge on any atom is -0.490 e. The Bertz CT molecular complexity index is 534. The van der Waals surface area contributed by atoms with Crippen LogP contribution in [0.4, 0.5) is 0 Å². The number of ether oxygens (including phenoxy) is 1. The van der Waals surface area contributed by atoms with E-state index >= 15 is 0 Å². The molecule has 19 heavy (non-hydrogen) atoms. The van der Waals surface area contributed by atoms with Crippen molar-refractivity contribution >= 4 is 0 Å². The maximum atomic E-state index is 6.02. The molecule has 100 valence electrons. The van der Waals surface area contributed by atoms with Crippen LogP contribution in [0.2, 0.25) is 0 Å². The Balaban J connectivity index is 1.81. The lowest BCUT2D eigenvalue weighted by atomic mass is 10.1. The van der Waals surface area contributed by atoms with E-state index in [9.17, 15) is 0 Å². The maximum Gasteiger partial charge on any atom is 0.247 e. The van der Waals surface area contributed by atoms with Crippen molar-refractivity contribution in [2.75, 3.05) is 13.1 Å². The molecule has 1 aliphatic rings. The molecule has 1 aromatic carbocycles. The number of hydrogen-bond donors (Lipinski definition) is 1. The number of rotatable bonds is 3. The Hall–Kier alpha value is -1.88. The van der Waals surface area contributed by atoms with Crippen molar-refractivity contribution in [3.05, 3.63) is 30.2 Å². The standard InChI is InChI=1S/C14H17N3O2/c1-10-2-3-12(19-11-4-6-15-7-5-11)8-13(10)14-17-16-9-18-14/h2-3,8-9,11,15H,4-7H2,1H3. The highest BCUT2D eigenvalue weighted by atomic mass is 16.5. The lowest BCUT2D eigenvalue weighted by Gasteiger charge is -2.24. The third-order valence-electron chi connectivity index (χ3n) is 3.39. The minimum absolute atomic E-state index is 0.291. The molecule has 5 nitrogen and oxygen atoms in total. The molecule has 0 spiro atoms. The van der Waals surface area contributed by atoms with E-state index in [4.69, 9.17) is 9.15 Å². The number of aryl methyl sites for hydroxylation is 1. The fraction of sp³-hybridized carbons (Fsp3) is 0.429. The normalized spacial score (nSPS) is 16.5. The van der Waals surface area contributed by atoms with Gasteiger partial charge in [-0.05, 0) is 50.6 Å². The van der Waals surface area contributed by atoms with Crippen LogP contribution in [0.25, 0.3) is 11.5 Å². The smallest absolute Gasteiger partial charge is 0.247 e. The summed E-state index contributed by atoms with van der Waals surface area (Å²) in [6.07, 6.45) is 3.72. The summed E-state index contributed by atoms with van der Waals surface area (Å²) < 4.78 is 11.3. The molecule has 0 bridgehead atoms. The predicted octanol–water partition coefficient (Wildman–Crippen LogP) is 2.18. The van der Waals surface area contributed by atoms with Crippen molar-refractivity contribution in [3.8, 4) is 17.2 Å². The largest absolute Gasteiger partial charge is 0.490 e. The molecule has 0 unspecified atom stereocenters. The summed E-state index contributed by atoms with van der Waals surface area (Å²) in [7, 11) is 0. The van der Waals surface area contributed by atoms with Crippen LogP contribution in [0.3, 0.4) is 0 Å². The second-order valence-electron chi connectivity index (χ2n) is 4.79. The van der Waals surface area contributed by atoms with Gasteiger partial charge in [0.2, 0.25) is 12.3 Å². The summed E-state index contributed by atoms with van der Waals surface area (Å²) >= 11 is 0. The number of nitrogens with one attached hydrogen (secondary N) is 1. The summed E-state index contributed by atoms with van der Waals surface area (Å²) in [6, 6.07) is 6.00. The molecule has 3 rings (SSSR count). The lowest BCUT2D eigenvalue weighted by Crippen LogP contribution is -2.34. The Morgan fingerprint density at radius 1 is 1.32 bits per heavy atom. The molecule has 1 saturated heterocycles. The Labute approximate surface area is 112 Å². The number of aromatic nitrogens is 2. The van der Waals surface area contributed by atoms with E-state index in [1.807, 2.05) is 25.1 Å². The summed E-state index contributed by atoms with van der Waals surface area (Å²) in [4.78, 5) is 0. The van der Waals surface area contributed by atoms with Crippen molar-refractivity contribution in [2.45, 2.75) is 25.9 Å². The molecule has 1 aromatic heterocycles. The third kappa shape index (κ3) is 2.76. The maximum absolute atomic E-state index is 6.02. The molecule has 0 saturated carbocycles. The Morgan fingerprint density at radius 2 is 2.16 bits per heavy atom. The highest BCUT2D eigenvalue weighted by Crippen LogP contribution is 2.27. The summed E-state index contributed by atoms with van der Waals surface area (Å²) in [6.45, 7) is 4.06. The molecule has 0 radical (unpaired) electrons. The Morgan fingerprint density at radius 3 is 2.89 bits per heavy atom.